The molecular weight excluding hydrogens is 424 g/mol. The van der Waals surface area contributed by atoms with Crippen molar-refractivity contribution in [2.75, 3.05) is 26.1 Å². The third-order valence-corrected chi connectivity index (χ3v) is 5.62. The van der Waals surface area contributed by atoms with Crippen LogP contribution < -0.4 is 15.6 Å². The van der Waals surface area contributed by atoms with Crippen molar-refractivity contribution in [1.29, 1.82) is 5.41 Å². The number of rotatable bonds is 6. The lowest BCUT2D eigenvalue weighted by molar-refractivity contribution is 0.0601. The minimum Gasteiger partial charge on any atom is -0.490 e. The third-order valence-electron chi connectivity index (χ3n) is 4.44. The number of esters is 2. The lowest BCUT2D eigenvalue weighted by Gasteiger charge is -2.09. The van der Waals surface area contributed by atoms with Gasteiger partial charge in [0.15, 0.2) is 11.3 Å². The number of methoxy groups -OCH3 is 2. The molecule has 0 aliphatic carbocycles. The molecule has 0 radical (unpaired) electrons. The van der Waals surface area contributed by atoms with Gasteiger partial charge in [-0.15, -0.1) is 11.3 Å². The van der Waals surface area contributed by atoms with E-state index in [1.54, 1.807) is 25.1 Å². The average Bonchev–Trinajstić information content (AvgIpc) is 3.08. The lowest BCUT2D eigenvalue weighted by Crippen LogP contribution is -2.21. The SMILES string of the molecule is CCOc1cccc2cc(C(=O)Nc3sc(C(=O)OC)c(C)c3C(=O)OC)c(=N)oc12. The third kappa shape index (κ3) is 4.15. The molecule has 0 atom stereocenters. The Kier molecular flexibility index (Phi) is 6.40. The fourth-order valence-corrected chi connectivity index (χ4v) is 4.09. The quantitative estimate of drug-likeness (QED) is 0.557. The van der Waals surface area contributed by atoms with E-state index in [1.165, 1.54) is 20.3 Å². The Morgan fingerprint density at radius 2 is 1.87 bits per heavy atom. The smallest absolute Gasteiger partial charge is 0.348 e. The van der Waals surface area contributed by atoms with Crippen molar-refractivity contribution in [3.8, 4) is 5.75 Å². The van der Waals surface area contributed by atoms with Crippen molar-refractivity contribution in [3.05, 3.63) is 51.4 Å². The van der Waals surface area contributed by atoms with Crippen LogP contribution in [-0.2, 0) is 9.47 Å². The number of amides is 1. The highest BCUT2D eigenvalue weighted by Crippen LogP contribution is 2.34. The molecule has 0 bridgehead atoms. The number of hydrogen-bond donors (Lipinski definition) is 2. The second-order valence-electron chi connectivity index (χ2n) is 6.29. The maximum atomic E-state index is 12.9. The van der Waals surface area contributed by atoms with Gasteiger partial charge in [0.2, 0.25) is 5.55 Å². The number of benzene rings is 1. The number of carbonyl (C=O) groups is 3. The Morgan fingerprint density at radius 1 is 1.16 bits per heavy atom. The molecule has 0 aliphatic rings. The minimum atomic E-state index is -0.713. The highest BCUT2D eigenvalue weighted by Gasteiger charge is 2.27. The summed E-state index contributed by atoms with van der Waals surface area (Å²) in [6.45, 7) is 3.80. The molecule has 1 amide bonds. The summed E-state index contributed by atoms with van der Waals surface area (Å²) in [6, 6.07) is 6.68. The summed E-state index contributed by atoms with van der Waals surface area (Å²) in [5.41, 5.74) is 0.292. The van der Waals surface area contributed by atoms with E-state index in [4.69, 9.17) is 24.0 Å². The van der Waals surface area contributed by atoms with Crippen LogP contribution in [0.3, 0.4) is 0 Å². The van der Waals surface area contributed by atoms with Crippen molar-refractivity contribution in [3.63, 3.8) is 0 Å². The first-order valence-electron chi connectivity index (χ1n) is 9.17. The summed E-state index contributed by atoms with van der Waals surface area (Å²) in [4.78, 5) is 37.4. The molecular formula is C21H20N2O7S. The van der Waals surface area contributed by atoms with Gasteiger partial charge in [-0.2, -0.15) is 0 Å². The van der Waals surface area contributed by atoms with E-state index in [1.807, 2.05) is 6.92 Å². The zero-order chi connectivity index (χ0) is 22.7. The van der Waals surface area contributed by atoms with Gasteiger partial charge in [-0.3, -0.25) is 10.2 Å². The van der Waals surface area contributed by atoms with E-state index in [0.29, 0.717) is 28.9 Å². The number of hydrogen-bond acceptors (Lipinski definition) is 9. The van der Waals surface area contributed by atoms with Gasteiger partial charge < -0.3 is 23.9 Å². The standard InChI is InChI=1S/C21H20N2O7S/c1-5-29-13-8-6-7-11-9-12(17(22)30-15(11)13)18(24)23-19-14(20(25)27-3)10(2)16(31-19)21(26)28-4/h6-9,22H,5H2,1-4H3,(H,23,24). The summed E-state index contributed by atoms with van der Waals surface area (Å²) in [5, 5.41) is 11.4. The number of para-hydroxylation sites is 1. The van der Waals surface area contributed by atoms with Gasteiger partial charge in [-0.1, -0.05) is 12.1 Å². The summed E-state index contributed by atoms with van der Waals surface area (Å²) >= 11 is 0.885. The van der Waals surface area contributed by atoms with Gasteiger partial charge in [0.1, 0.15) is 15.4 Å². The Labute approximate surface area is 181 Å². The topological polar surface area (TPSA) is 128 Å². The van der Waals surface area contributed by atoms with Crippen LogP contribution in [0.2, 0.25) is 0 Å². The zero-order valence-corrected chi connectivity index (χ0v) is 18.1. The molecule has 3 aromatic rings. The van der Waals surface area contributed by atoms with Crippen molar-refractivity contribution < 1.29 is 33.0 Å². The molecule has 0 fully saturated rings. The second kappa shape index (κ2) is 9.00. The first kappa shape index (κ1) is 22.0. The molecule has 10 heteroatoms. The Bertz CT molecular complexity index is 1240. The predicted octanol–water partition coefficient (Wildman–Crippen LogP) is 3.51. The highest BCUT2D eigenvalue weighted by atomic mass is 32.1. The molecule has 0 unspecified atom stereocenters. The molecule has 0 spiro atoms. The summed E-state index contributed by atoms with van der Waals surface area (Å²) in [5.74, 6) is -1.57. The monoisotopic (exact) mass is 444 g/mol. The first-order chi connectivity index (χ1) is 14.8. The van der Waals surface area contributed by atoms with Crippen molar-refractivity contribution in [2.24, 2.45) is 0 Å². The Hall–Kier alpha value is -3.66. The number of fused-ring (bicyclic) bond motifs is 1. The van der Waals surface area contributed by atoms with Crippen LogP contribution in [-0.4, -0.2) is 38.7 Å². The Balaban J connectivity index is 2.04. The number of ether oxygens (including phenoxy) is 3. The van der Waals surface area contributed by atoms with E-state index in [2.05, 4.69) is 5.32 Å². The molecule has 2 heterocycles. The molecule has 31 heavy (non-hydrogen) atoms. The van der Waals surface area contributed by atoms with Crippen LogP contribution in [0.25, 0.3) is 11.0 Å². The number of nitrogens with one attached hydrogen (secondary N) is 2. The average molecular weight is 444 g/mol. The molecule has 0 aliphatic heterocycles. The normalized spacial score (nSPS) is 10.6. The molecule has 0 saturated carbocycles. The first-order valence-corrected chi connectivity index (χ1v) is 9.99. The molecule has 9 nitrogen and oxygen atoms in total. The van der Waals surface area contributed by atoms with Gasteiger partial charge in [-0.05, 0) is 31.5 Å². The van der Waals surface area contributed by atoms with Crippen LogP contribution in [0, 0.1) is 12.3 Å². The van der Waals surface area contributed by atoms with Crippen LogP contribution in [0.4, 0.5) is 5.00 Å². The highest BCUT2D eigenvalue weighted by molar-refractivity contribution is 7.18. The number of thiophene rings is 1. The van der Waals surface area contributed by atoms with Crippen molar-refractivity contribution >= 4 is 45.2 Å². The van der Waals surface area contributed by atoms with Crippen molar-refractivity contribution in [2.45, 2.75) is 13.8 Å². The van der Waals surface area contributed by atoms with Crippen LogP contribution >= 0.6 is 11.3 Å². The molecule has 3 rings (SSSR count). The number of carbonyl (C=O) groups excluding carboxylic acids is 3. The Morgan fingerprint density at radius 3 is 2.52 bits per heavy atom. The summed E-state index contributed by atoms with van der Waals surface area (Å²) < 4.78 is 20.6. The second-order valence-corrected chi connectivity index (χ2v) is 7.31. The number of anilines is 1. The lowest BCUT2D eigenvalue weighted by atomic mass is 10.1. The summed E-state index contributed by atoms with van der Waals surface area (Å²) in [6.07, 6.45) is 0. The van der Waals surface area contributed by atoms with E-state index in [0.717, 1.165) is 11.3 Å². The van der Waals surface area contributed by atoms with Gasteiger partial charge in [0.05, 0.1) is 26.4 Å². The predicted molar refractivity (Wildman–Crippen MR) is 113 cm³/mol. The van der Waals surface area contributed by atoms with Crippen LogP contribution in [0.5, 0.6) is 5.75 Å². The molecule has 2 aromatic heterocycles. The van der Waals surface area contributed by atoms with Crippen LogP contribution in [0.1, 0.15) is 42.9 Å². The largest absolute Gasteiger partial charge is 0.490 e. The van der Waals surface area contributed by atoms with Gasteiger partial charge in [0, 0.05) is 5.39 Å². The molecule has 0 saturated heterocycles. The van der Waals surface area contributed by atoms with Crippen LogP contribution in [0.15, 0.2) is 28.7 Å². The van der Waals surface area contributed by atoms with Gasteiger partial charge in [0.25, 0.3) is 5.91 Å². The maximum absolute atomic E-state index is 12.9. The van der Waals surface area contributed by atoms with Gasteiger partial charge in [-0.25, -0.2) is 9.59 Å². The van der Waals surface area contributed by atoms with E-state index in [9.17, 15) is 14.4 Å². The molecule has 162 valence electrons. The van der Waals surface area contributed by atoms with Gasteiger partial charge >= 0.3 is 11.9 Å². The maximum Gasteiger partial charge on any atom is 0.348 e. The molecule has 1 aromatic carbocycles. The minimum absolute atomic E-state index is 0.0455. The summed E-state index contributed by atoms with van der Waals surface area (Å²) in [7, 11) is 2.42. The fourth-order valence-electron chi connectivity index (χ4n) is 2.98. The van der Waals surface area contributed by atoms with Crippen molar-refractivity contribution in [1.82, 2.24) is 0 Å². The van der Waals surface area contributed by atoms with E-state index in [-0.39, 0.29) is 26.6 Å². The fraction of sp³-hybridized carbons (Fsp3) is 0.238. The van der Waals surface area contributed by atoms with E-state index >= 15 is 0 Å². The molecule has 2 N–H and O–H groups in total. The zero-order valence-electron chi connectivity index (χ0n) is 17.3. The van der Waals surface area contributed by atoms with E-state index < -0.39 is 17.8 Å².